The second-order valence-electron chi connectivity index (χ2n) is 4.34. The van der Waals surface area contributed by atoms with E-state index in [9.17, 15) is 4.79 Å². The molecule has 0 aromatic heterocycles. The summed E-state index contributed by atoms with van der Waals surface area (Å²) < 4.78 is 22.6. The minimum atomic E-state index is -2.93. The van der Waals surface area contributed by atoms with Gasteiger partial charge in [0.1, 0.15) is 0 Å². The van der Waals surface area contributed by atoms with E-state index in [1.54, 1.807) is 13.0 Å². The lowest BCUT2D eigenvalue weighted by Gasteiger charge is -2.28. The summed E-state index contributed by atoms with van der Waals surface area (Å²) in [5.74, 6) is -0.398. The predicted molar refractivity (Wildman–Crippen MR) is 80.3 cm³/mol. The van der Waals surface area contributed by atoms with Crippen LogP contribution in [0.5, 0.6) is 0 Å². The van der Waals surface area contributed by atoms with E-state index in [0.29, 0.717) is 19.8 Å². The average molecular weight is 304 g/mol. The molecule has 0 aliphatic rings. The molecule has 0 aromatic carbocycles. The van der Waals surface area contributed by atoms with Gasteiger partial charge < -0.3 is 18.0 Å². The Morgan fingerprint density at radius 2 is 1.40 bits per heavy atom. The zero-order valence-corrected chi connectivity index (χ0v) is 14.1. The maximum absolute atomic E-state index is 11.5. The molecule has 0 N–H and O–H groups in total. The minimum Gasteiger partial charge on any atom is -0.458 e. The Labute approximate surface area is 123 Å². The molecular weight excluding hydrogens is 276 g/mol. The maximum atomic E-state index is 11.5. The molecule has 0 heterocycles. The van der Waals surface area contributed by atoms with Crippen molar-refractivity contribution in [2.24, 2.45) is 0 Å². The Kier molecular flexibility index (Phi) is 11.7. The summed E-state index contributed by atoms with van der Waals surface area (Å²) in [5, 5.41) is 0. The molecule has 0 rings (SSSR count). The third-order valence-corrected chi connectivity index (χ3v) is 4.70. The van der Waals surface area contributed by atoms with E-state index in [2.05, 4.69) is 0 Å². The molecule has 0 fully saturated rings. The fourth-order valence-electron chi connectivity index (χ4n) is 1.37. The van der Waals surface area contributed by atoms with Crippen LogP contribution in [0.4, 0.5) is 0 Å². The van der Waals surface area contributed by atoms with Crippen LogP contribution in [-0.4, -0.2) is 40.8 Å². The highest BCUT2D eigenvalue weighted by Gasteiger charge is 2.43. The van der Waals surface area contributed by atoms with Crippen molar-refractivity contribution in [1.82, 2.24) is 0 Å². The van der Waals surface area contributed by atoms with Gasteiger partial charge in [-0.15, -0.1) is 0 Å². The van der Waals surface area contributed by atoms with E-state index >= 15 is 0 Å². The van der Waals surface area contributed by atoms with Crippen LogP contribution in [0, 0.1) is 0 Å². The second-order valence-corrected chi connectivity index (χ2v) is 6.86. The molecule has 0 saturated carbocycles. The molecule has 0 aliphatic heterocycles. The molecule has 0 aromatic rings. The molecule has 118 valence electrons. The molecule has 6 heteroatoms. The summed E-state index contributed by atoms with van der Waals surface area (Å²) in [5.41, 5.74) is 0. The number of hydrogen-bond acceptors (Lipinski definition) is 5. The number of ether oxygens (including phenoxy) is 1. The van der Waals surface area contributed by atoms with Crippen LogP contribution < -0.4 is 0 Å². The Morgan fingerprint density at radius 3 is 1.75 bits per heavy atom. The minimum absolute atomic E-state index is 0.0656. The lowest BCUT2D eigenvalue weighted by molar-refractivity contribution is -0.138. The summed E-state index contributed by atoms with van der Waals surface area (Å²) in [6.07, 6.45) is 5.67. The standard InChI is InChI=1S/C14H28O5Si/c1-5-9-14(15)16-13-20(17-10-6-2,18-11-7-3)19-12-8-4/h5,9H,6-8,10-13H2,1-4H3. The largest absolute Gasteiger partial charge is 0.540 e. The van der Waals surface area contributed by atoms with Crippen LogP contribution in [0.3, 0.4) is 0 Å². The molecule has 0 amide bonds. The van der Waals surface area contributed by atoms with E-state index < -0.39 is 14.8 Å². The first-order valence-corrected chi connectivity index (χ1v) is 9.28. The summed E-state index contributed by atoms with van der Waals surface area (Å²) in [4.78, 5) is 11.5. The summed E-state index contributed by atoms with van der Waals surface area (Å²) >= 11 is 0. The predicted octanol–water partition coefficient (Wildman–Crippen LogP) is 2.86. The van der Waals surface area contributed by atoms with Crippen molar-refractivity contribution in [3.8, 4) is 0 Å². The van der Waals surface area contributed by atoms with Crippen LogP contribution in [0.2, 0.25) is 0 Å². The fraction of sp³-hybridized carbons (Fsp3) is 0.786. The highest BCUT2D eigenvalue weighted by Crippen LogP contribution is 2.13. The summed E-state index contributed by atoms with van der Waals surface area (Å²) in [6, 6.07) is 0. The Balaban J connectivity index is 4.69. The molecule has 0 saturated heterocycles. The van der Waals surface area contributed by atoms with Gasteiger partial charge in [0.25, 0.3) is 0 Å². The second kappa shape index (κ2) is 12.1. The lowest BCUT2D eigenvalue weighted by atomic mass is 10.5. The molecule has 5 nitrogen and oxygen atoms in total. The molecule has 0 atom stereocenters. The van der Waals surface area contributed by atoms with Gasteiger partial charge in [0, 0.05) is 25.9 Å². The molecule has 0 bridgehead atoms. The Hall–Kier alpha value is -0.693. The third-order valence-electron chi connectivity index (χ3n) is 2.27. The Morgan fingerprint density at radius 1 is 0.950 bits per heavy atom. The van der Waals surface area contributed by atoms with E-state index in [4.69, 9.17) is 18.0 Å². The zero-order valence-electron chi connectivity index (χ0n) is 13.1. The molecule has 0 unspecified atom stereocenters. The molecule has 0 radical (unpaired) electrons. The van der Waals surface area contributed by atoms with Crippen molar-refractivity contribution in [1.29, 1.82) is 0 Å². The highest BCUT2D eigenvalue weighted by molar-refractivity contribution is 6.60. The van der Waals surface area contributed by atoms with Crippen LogP contribution in [0.15, 0.2) is 12.2 Å². The quantitative estimate of drug-likeness (QED) is 0.315. The van der Waals surface area contributed by atoms with Crippen LogP contribution >= 0.6 is 0 Å². The summed E-state index contributed by atoms with van der Waals surface area (Å²) in [6.45, 7) is 9.45. The zero-order chi connectivity index (χ0) is 15.3. The smallest absolute Gasteiger partial charge is 0.458 e. The van der Waals surface area contributed by atoms with Crippen molar-refractivity contribution >= 4 is 14.8 Å². The van der Waals surface area contributed by atoms with Gasteiger partial charge in [-0.25, -0.2) is 4.79 Å². The van der Waals surface area contributed by atoms with Gasteiger partial charge in [0.2, 0.25) is 0 Å². The van der Waals surface area contributed by atoms with E-state index in [1.807, 2.05) is 20.8 Å². The van der Waals surface area contributed by atoms with Crippen molar-refractivity contribution in [3.63, 3.8) is 0 Å². The van der Waals surface area contributed by atoms with E-state index in [-0.39, 0.29) is 6.23 Å². The van der Waals surface area contributed by atoms with Gasteiger partial charge in [-0.2, -0.15) is 0 Å². The number of carbonyl (C=O) groups excluding carboxylic acids is 1. The number of hydrogen-bond donors (Lipinski definition) is 0. The van der Waals surface area contributed by atoms with Gasteiger partial charge in [0.15, 0.2) is 6.23 Å². The van der Waals surface area contributed by atoms with Gasteiger partial charge in [-0.3, -0.25) is 0 Å². The lowest BCUT2D eigenvalue weighted by Crippen LogP contribution is -2.51. The molecule has 0 aliphatic carbocycles. The van der Waals surface area contributed by atoms with Gasteiger partial charge >= 0.3 is 14.8 Å². The van der Waals surface area contributed by atoms with Crippen molar-refractivity contribution in [2.45, 2.75) is 47.0 Å². The van der Waals surface area contributed by atoms with Gasteiger partial charge in [0.05, 0.1) is 0 Å². The number of rotatable bonds is 12. The number of allylic oxidation sites excluding steroid dienone is 1. The van der Waals surface area contributed by atoms with E-state index in [0.717, 1.165) is 19.3 Å². The van der Waals surface area contributed by atoms with Crippen LogP contribution in [-0.2, 0) is 22.8 Å². The average Bonchev–Trinajstić information content (AvgIpc) is 2.46. The molecular formula is C14H28O5Si. The highest BCUT2D eigenvalue weighted by atomic mass is 28.4. The number of esters is 1. The van der Waals surface area contributed by atoms with E-state index in [1.165, 1.54) is 6.08 Å². The normalized spacial score (nSPS) is 12.0. The summed E-state index contributed by atoms with van der Waals surface area (Å²) in [7, 11) is -2.93. The topological polar surface area (TPSA) is 54.0 Å². The molecule has 20 heavy (non-hydrogen) atoms. The molecule has 0 spiro atoms. The van der Waals surface area contributed by atoms with Crippen LogP contribution in [0.1, 0.15) is 47.0 Å². The monoisotopic (exact) mass is 304 g/mol. The van der Waals surface area contributed by atoms with Crippen molar-refractivity contribution in [3.05, 3.63) is 12.2 Å². The SMILES string of the molecule is CC=CC(=O)OC[Si](OCCC)(OCCC)OCCC. The third kappa shape index (κ3) is 8.47. The van der Waals surface area contributed by atoms with Crippen LogP contribution in [0.25, 0.3) is 0 Å². The van der Waals surface area contributed by atoms with Gasteiger partial charge in [-0.1, -0.05) is 26.8 Å². The maximum Gasteiger partial charge on any atom is 0.540 e. The Bertz CT molecular complexity index is 259. The first-order valence-electron chi connectivity index (χ1n) is 7.35. The fourth-order valence-corrected chi connectivity index (χ4v) is 3.73. The number of carbonyl (C=O) groups is 1. The first kappa shape index (κ1) is 19.3. The van der Waals surface area contributed by atoms with Crippen molar-refractivity contribution in [2.75, 3.05) is 26.1 Å². The first-order chi connectivity index (χ1) is 9.64. The van der Waals surface area contributed by atoms with Crippen molar-refractivity contribution < 1.29 is 22.8 Å². The van der Waals surface area contributed by atoms with Gasteiger partial charge in [-0.05, 0) is 26.2 Å².